The average molecular weight is 352 g/mol. The zero-order valence-corrected chi connectivity index (χ0v) is 14.6. The summed E-state index contributed by atoms with van der Waals surface area (Å²) in [7, 11) is 1.45. The number of hydrogen-bond acceptors (Lipinski definition) is 3. The number of halogens is 2. The Morgan fingerprint density at radius 3 is 2.75 bits per heavy atom. The molecule has 130 valence electrons. The van der Waals surface area contributed by atoms with Gasteiger partial charge in [0, 0.05) is 29.6 Å². The van der Waals surface area contributed by atoms with Crippen molar-refractivity contribution in [2.24, 2.45) is 5.92 Å². The molecule has 0 aromatic heterocycles. The number of fused-ring (bicyclic) bond motifs is 2. The Kier molecular flexibility index (Phi) is 5.57. The average Bonchev–Trinajstić information content (AvgIpc) is 2.87. The number of rotatable bonds is 5. The van der Waals surface area contributed by atoms with Gasteiger partial charge in [0.15, 0.2) is 0 Å². The molecule has 0 spiro atoms. The summed E-state index contributed by atoms with van der Waals surface area (Å²) in [5.41, 5.74) is 1.14. The van der Waals surface area contributed by atoms with Gasteiger partial charge in [-0.25, -0.2) is 4.39 Å². The van der Waals surface area contributed by atoms with Crippen LogP contribution in [0.2, 0.25) is 5.02 Å². The van der Waals surface area contributed by atoms with E-state index in [1.54, 1.807) is 0 Å². The van der Waals surface area contributed by atoms with Crippen LogP contribution in [-0.2, 0) is 9.53 Å². The first-order valence-corrected chi connectivity index (χ1v) is 8.83. The molecule has 2 aliphatic heterocycles. The molecule has 4 unspecified atom stereocenters. The molecule has 0 N–H and O–H groups in total. The molecule has 0 saturated carbocycles. The molecule has 0 amide bonds. The van der Waals surface area contributed by atoms with E-state index < -0.39 is 6.67 Å². The molecule has 4 atom stereocenters. The molecular formula is C19H23ClFNO2. The highest BCUT2D eigenvalue weighted by molar-refractivity contribution is 6.30. The lowest BCUT2D eigenvalue weighted by atomic mass is 9.76. The maximum Gasteiger partial charge on any atom is 0.310 e. The van der Waals surface area contributed by atoms with Gasteiger partial charge in [0.05, 0.1) is 13.0 Å². The van der Waals surface area contributed by atoms with Crippen LogP contribution in [-0.4, -0.2) is 43.3 Å². The molecule has 2 heterocycles. The van der Waals surface area contributed by atoms with E-state index in [4.69, 9.17) is 16.3 Å². The summed E-state index contributed by atoms with van der Waals surface area (Å²) in [5.74, 6) is -0.193. The summed E-state index contributed by atoms with van der Waals surface area (Å²) in [6.45, 7) is 0.247. The Hall–Kier alpha value is -1.39. The van der Waals surface area contributed by atoms with Crippen LogP contribution in [0.15, 0.2) is 36.4 Å². The van der Waals surface area contributed by atoms with Crippen LogP contribution in [0.3, 0.4) is 0 Å². The molecular weight excluding hydrogens is 329 g/mol. The van der Waals surface area contributed by atoms with Crippen LogP contribution in [0.25, 0.3) is 0 Å². The zero-order chi connectivity index (χ0) is 17.1. The maximum atomic E-state index is 12.5. The summed E-state index contributed by atoms with van der Waals surface area (Å²) in [5, 5.41) is 0.699. The molecule has 1 aromatic carbocycles. The number of esters is 1. The number of nitrogens with zero attached hydrogens (tertiary/aromatic N) is 1. The number of hydrogen-bond donors (Lipinski definition) is 0. The third-order valence-electron chi connectivity index (χ3n) is 5.41. The van der Waals surface area contributed by atoms with Crippen molar-refractivity contribution in [3.63, 3.8) is 0 Å². The van der Waals surface area contributed by atoms with E-state index in [-0.39, 0.29) is 23.8 Å². The fourth-order valence-corrected chi connectivity index (χ4v) is 4.49. The molecule has 24 heavy (non-hydrogen) atoms. The van der Waals surface area contributed by atoms with Gasteiger partial charge in [0.2, 0.25) is 0 Å². The van der Waals surface area contributed by atoms with Crippen molar-refractivity contribution in [1.29, 1.82) is 0 Å². The zero-order valence-electron chi connectivity index (χ0n) is 13.8. The van der Waals surface area contributed by atoms with E-state index >= 15 is 0 Å². The van der Waals surface area contributed by atoms with Gasteiger partial charge < -0.3 is 4.74 Å². The number of carbonyl (C=O) groups excluding carboxylic acids is 1. The van der Waals surface area contributed by atoms with E-state index in [2.05, 4.69) is 4.90 Å². The molecule has 2 aliphatic rings. The molecule has 5 heteroatoms. The Morgan fingerprint density at radius 1 is 1.33 bits per heavy atom. The molecule has 3 rings (SSSR count). The van der Waals surface area contributed by atoms with Crippen molar-refractivity contribution in [3.8, 4) is 0 Å². The highest BCUT2D eigenvalue weighted by Crippen LogP contribution is 2.47. The van der Waals surface area contributed by atoms with Crippen LogP contribution in [0, 0.1) is 5.92 Å². The second-order valence-corrected chi connectivity index (χ2v) is 7.00. The van der Waals surface area contributed by atoms with Crippen LogP contribution in [0.1, 0.15) is 30.7 Å². The van der Waals surface area contributed by atoms with Crippen LogP contribution < -0.4 is 0 Å². The summed E-state index contributed by atoms with van der Waals surface area (Å²) < 4.78 is 17.5. The highest BCUT2D eigenvalue weighted by Gasteiger charge is 2.50. The minimum atomic E-state index is -0.447. The first kappa shape index (κ1) is 17.4. The summed E-state index contributed by atoms with van der Waals surface area (Å²) in [4.78, 5) is 14.9. The predicted molar refractivity (Wildman–Crippen MR) is 92.9 cm³/mol. The molecule has 2 saturated heterocycles. The van der Waals surface area contributed by atoms with Crippen LogP contribution in [0.5, 0.6) is 0 Å². The van der Waals surface area contributed by atoms with Crippen molar-refractivity contribution in [3.05, 3.63) is 47.0 Å². The normalized spacial score (nSPS) is 30.0. The van der Waals surface area contributed by atoms with Gasteiger partial charge in [0.25, 0.3) is 0 Å². The monoisotopic (exact) mass is 351 g/mol. The number of piperidine rings is 1. The van der Waals surface area contributed by atoms with E-state index in [0.717, 1.165) is 24.8 Å². The molecule has 2 fully saturated rings. The summed E-state index contributed by atoms with van der Waals surface area (Å²) >= 11 is 6.00. The highest BCUT2D eigenvalue weighted by atomic mass is 35.5. The lowest BCUT2D eigenvalue weighted by Gasteiger charge is -2.43. The Bertz CT molecular complexity index is 604. The maximum absolute atomic E-state index is 12.5. The van der Waals surface area contributed by atoms with Crippen molar-refractivity contribution >= 4 is 17.6 Å². The summed E-state index contributed by atoms with van der Waals surface area (Å²) in [6, 6.07) is 8.37. The number of alkyl halides is 1. The van der Waals surface area contributed by atoms with Crippen molar-refractivity contribution in [2.45, 2.75) is 37.3 Å². The van der Waals surface area contributed by atoms with Crippen LogP contribution >= 0.6 is 11.6 Å². The van der Waals surface area contributed by atoms with Crippen molar-refractivity contribution in [1.82, 2.24) is 4.90 Å². The van der Waals surface area contributed by atoms with E-state index in [0.29, 0.717) is 17.6 Å². The van der Waals surface area contributed by atoms with Gasteiger partial charge >= 0.3 is 5.97 Å². The fourth-order valence-electron chi connectivity index (χ4n) is 4.37. The predicted octanol–water partition coefficient (Wildman–Crippen LogP) is 3.98. The summed E-state index contributed by atoms with van der Waals surface area (Å²) in [6.07, 6.45) is 6.38. The second kappa shape index (κ2) is 7.66. The van der Waals surface area contributed by atoms with Gasteiger partial charge in [-0.05, 0) is 37.0 Å². The van der Waals surface area contributed by atoms with E-state index in [1.165, 1.54) is 13.2 Å². The third kappa shape index (κ3) is 3.35. The van der Waals surface area contributed by atoms with E-state index in [1.807, 2.05) is 30.3 Å². The Morgan fingerprint density at radius 2 is 2.08 bits per heavy atom. The lowest BCUT2D eigenvalue weighted by molar-refractivity contribution is -0.150. The Balaban J connectivity index is 1.87. The number of allylic oxidation sites excluding steroid dienone is 1. The number of benzene rings is 1. The third-order valence-corrected chi connectivity index (χ3v) is 5.66. The van der Waals surface area contributed by atoms with Gasteiger partial charge in [-0.3, -0.25) is 9.69 Å². The molecule has 1 aromatic rings. The molecule has 3 nitrogen and oxygen atoms in total. The van der Waals surface area contributed by atoms with Crippen LogP contribution in [0.4, 0.5) is 4.39 Å². The first-order valence-electron chi connectivity index (χ1n) is 8.45. The van der Waals surface area contributed by atoms with Gasteiger partial charge in [-0.15, -0.1) is 0 Å². The van der Waals surface area contributed by atoms with E-state index in [9.17, 15) is 9.18 Å². The minimum absolute atomic E-state index is 0.147. The van der Waals surface area contributed by atoms with Gasteiger partial charge in [-0.1, -0.05) is 35.9 Å². The molecule has 2 bridgehead atoms. The lowest BCUT2D eigenvalue weighted by Crippen LogP contribution is -2.50. The SMILES string of the molecule is COC(=O)C1C(c2ccc(Cl)cc2)CC2CCC1N2C/C=C\CF. The quantitative estimate of drug-likeness (QED) is 0.593. The molecule has 0 radical (unpaired) electrons. The van der Waals surface area contributed by atoms with Gasteiger partial charge in [-0.2, -0.15) is 0 Å². The van der Waals surface area contributed by atoms with Crippen molar-refractivity contribution in [2.75, 3.05) is 20.3 Å². The number of ether oxygens (including phenoxy) is 1. The van der Waals surface area contributed by atoms with Crippen molar-refractivity contribution < 1.29 is 13.9 Å². The van der Waals surface area contributed by atoms with Gasteiger partial charge in [0.1, 0.15) is 6.67 Å². The minimum Gasteiger partial charge on any atom is -0.469 e. The molecule has 0 aliphatic carbocycles. The second-order valence-electron chi connectivity index (χ2n) is 6.56. The number of carbonyl (C=O) groups is 1. The Labute approximate surface area is 147 Å². The first-order chi connectivity index (χ1) is 11.7. The topological polar surface area (TPSA) is 29.5 Å². The number of methoxy groups -OCH3 is 1. The fraction of sp³-hybridized carbons (Fsp3) is 0.526. The standard InChI is InChI=1S/C19H23ClFNO2/c1-24-19(23)18-16(13-4-6-14(20)7-5-13)12-15-8-9-17(18)22(15)11-3-2-10-21/h2-7,15-18H,8-12H2,1H3/b3-2-. The largest absolute Gasteiger partial charge is 0.469 e. The smallest absolute Gasteiger partial charge is 0.310 e.